The van der Waals surface area contributed by atoms with Gasteiger partial charge in [-0.25, -0.2) is 9.97 Å². The highest BCUT2D eigenvalue weighted by Crippen LogP contribution is 2.36. The number of ketones is 1. The molecule has 0 saturated carbocycles. The van der Waals surface area contributed by atoms with Crippen LogP contribution in [0.1, 0.15) is 30.6 Å². The summed E-state index contributed by atoms with van der Waals surface area (Å²) in [5.41, 5.74) is 5.44. The molecule has 0 aliphatic carbocycles. The minimum absolute atomic E-state index is 0.0445. The summed E-state index contributed by atoms with van der Waals surface area (Å²) in [6.07, 6.45) is 1.38. The molecule has 1 aromatic carbocycles. The Bertz CT molecular complexity index is 850. The average molecular weight is 329 g/mol. The highest BCUT2D eigenvalue weighted by Gasteiger charge is 2.32. The van der Waals surface area contributed by atoms with Crippen LogP contribution in [0.4, 0.5) is 23.0 Å². The number of carbonyl (C=O) groups is 1. The zero-order valence-electron chi connectivity index (χ0n) is 13.1. The monoisotopic (exact) mass is 329 g/mol. The van der Waals surface area contributed by atoms with E-state index in [9.17, 15) is 14.9 Å². The van der Waals surface area contributed by atoms with E-state index in [4.69, 9.17) is 10.5 Å². The Kier molecular flexibility index (Phi) is 3.55. The Hall–Kier alpha value is -3.23. The molecule has 24 heavy (non-hydrogen) atoms. The van der Waals surface area contributed by atoms with E-state index in [-0.39, 0.29) is 23.8 Å². The number of nitrogens with zero attached hydrogens (tertiary/aromatic N) is 3. The van der Waals surface area contributed by atoms with Crippen LogP contribution in [0.25, 0.3) is 0 Å². The topological polar surface area (TPSA) is 133 Å². The third kappa shape index (κ3) is 2.83. The zero-order valence-corrected chi connectivity index (χ0v) is 13.1. The first-order valence-electron chi connectivity index (χ1n) is 7.15. The highest BCUT2D eigenvalue weighted by molar-refractivity contribution is 6.01. The van der Waals surface area contributed by atoms with E-state index >= 15 is 0 Å². The van der Waals surface area contributed by atoms with Crippen LogP contribution in [0.5, 0.6) is 5.75 Å². The molecule has 0 bridgehead atoms. The van der Waals surface area contributed by atoms with Gasteiger partial charge in [-0.1, -0.05) is 0 Å². The van der Waals surface area contributed by atoms with E-state index in [2.05, 4.69) is 15.3 Å². The zero-order chi connectivity index (χ0) is 17.5. The standard InChI is InChI=1S/C15H15N5O4/c1-15(2)6-10(21)9-5-8(3-4-11(9)24-15)19-14-12(20(22)23)13(16)17-7-18-14/h3-5,7H,6H2,1-2H3,(H3,16,17,18,19). The van der Waals surface area contributed by atoms with Crippen LogP contribution >= 0.6 is 0 Å². The van der Waals surface area contributed by atoms with Crippen molar-refractivity contribution in [1.29, 1.82) is 0 Å². The molecule has 0 atom stereocenters. The van der Waals surface area contributed by atoms with Crippen molar-refractivity contribution in [3.05, 3.63) is 40.2 Å². The van der Waals surface area contributed by atoms with Crippen LogP contribution in [0.2, 0.25) is 0 Å². The van der Waals surface area contributed by atoms with Crippen molar-refractivity contribution in [3.63, 3.8) is 0 Å². The Morgan fingerprint density at radius 3 is 2.83 bits per heavy atom. The molecule has 1 aromatic heterocycles. The Balaban J connectivity index is 1.97. The number of aromatic nitrogens is 2. The lowest BCUT2D eigenvalue weighted by Gasteiger charge is -2.31. The lowest BCUT2D eigenvalue weighted by molar-refractivity contribution is -0.383. The number of nitrogens with two attached hydrogens (primary N) is 1. The molecule has 9 heteroatoms. The fourth-order valence-corrected chi connectivity index (χ4v) is 2.53. The van der Waals surface area contributed by atoms with E-state index < -0.39 is 16.2 Å². The van der Waals surface area contributed by atoms with Crippen molar-refractivity contribution >= 4 is 28.8 Å². The third-order valence-electron chi connectivity index (χ3n) is 3.55. The van der Waals surface area contributed by atoms with Crippen molar-refractivity contribution in [1.82, 2.24) is 9.97 Å². The summed E-state index contributed by atoms with van der Waals surface area (Å²) in [7, 11) is 0. The van der Waals surface area contributed by atoms with Gasteiger partial charge in [-0.3, -0.25) is 14.9 Å². The van der Waals surface area contributed by atoms with Gasteiger partial charge in [-0.05, 0) is 32.0 Å². The summed E-state index contributed by atoms with van der Waals surface area (Å²) in [6, 6.07) is 4.87. The van der Waals surface area contributed by atoms with Crippen molar-refractivity contribution < 1.29 is 14.5 Å². The molecule has 2 heterocycles. The maximum absolute atomic E-state index is 12.3. The summed E-state index contributed by atoms with van der Waals surface area (Å²) < 4.78 is 5.77. The quantitative estimate of drug-likeness (QED) is 0.648. The fourth-order valence-electron chi connectivity index (χ4n) is 2.53. The largest absolute Gasteiger partial charge is 0.487 e. The number of fused-ring (bicyclic) bond motifs is 1. The Labute approximate surface area is 137 Å². The molecule has 124 valence electrons. The molecule has 0 spiro atoms. The van der Waals surface area contributed by atoms with E-state index in [1.165, 1.54) is 0 Å². The summed E-state index contributed by atoms with van der Waals surface area (Å²) in [4.78, 5) is 30.2. The number of nitrogen functional groups attached to an aromatic ring is 1. The van der Waals surface area contributed by atoms with Crippen molar-refractivity contribution in [2.45, 2.75) is 25.9 Å². The van der Waals surface area contributed by atoms with Crippen LogP contribution in [0, 0.1) is 10.1 Å². The SMILES string of the molecule is CC1(C)CC(=O)c2cc(Nc3ncnc(N)c3[N+](=O)[O-])ccc2O1. The minimum Gasteiger partial charge on any atom is -0.487 e. The molecule has 0 radical (unpaired) electrons. The van der Waals surface area contributed by atoms with Crippen LogP contribution in [-0.4, -0.2) is 26.3 Å². The number of anilines is 3. The van der Waals surface area contributed by atoms with Crippen LogP contribution < -0.4 is 15.8 Å². The normalized spacial score (nSPS) is 15.3. The maximum atomic E-state index is 12.3. The molecule has 2 aromatic rings. The number of nitro groups is 1. The number of hydrogen-bond donors (Lipinski definition) is 2. The third-order valence-corrected chi connectivity index (χ3v) is 3.55. The average Bonchev–Trinajstić information content (AvgIpc) is 2.46. The van der Waals surface area contributed by atoms with Gasteiger partial charge in [-0.2, -0.15) is 0 Å². The van der Waals surface area contributed by atoms with E-state index in [0.29, 0.717) is 17.0 Å². The van der Waals surface area contributed by atoms with Gasteiger partial charge in [0.15, 0.2) is 5.78 Å². The summed E-state index contributed by atoms with van der Waals surface area (Å²) in [5, 5.41) is 13.9. The number of hydrogen-bond acceptors (Lipinski definition) is 8. The van der Waals surface area contributed by atoms with Gasteiger partial charge in [0.05, 0.1) is 16.9 Å². The second-order valence-corrected chi connectivity index (χ2v) is 6.01. The molecular formula is C15H15N5O4. The van der Waals surface area contributed by atoms with Crippen LogP contribution in [0.3, 0.4) is 0 Å². The second kappa shape index (κ2) is 5.44. The van der Waals surface area contributed by atoms with Gasteiger partial charge < -0.3 is 15.8 Å². The van der Waals surface area contributed by atoms with E-state index in [1.54, 1.807) is 18.2 Å². The van der Waals surface area contributed by atoms with Gasteiger partial charge in [0.25, 0.3) is 0 Å². The van der Waals surface area contributed by atoms with Crippen molar-refractivity contribution in [2.24, 2.45) is 0 Å². The number of nitrogens with one attached hydrogen (secondary N) is 1. The number of rotatable bonds is 3. The number of Topliss-reactive ketones (excluding diaryl/α,β-unsaturated/α-hetero) is 1. The molecule has 3 N–H and O–H groups in total. The molecule has 0 amide bonds. The maximum Gasteiger partial charge on any atom is 0.353 e. The van der Waals surface area contributed by atoms with Crippen molar-refractivity contribution in [2.75, 3.05) is 11.1 Å². The highest BCUT2D eigenvalue weighted by atomic mass is 16.6. The molecule has 0 unspecified atom stereocenters. The van der Waals surface area contributed by atoms with Gasteiger partial charge in [0, 0.05) is 5.69 Å². The van der Waals surface area contributed by atoms with Gasteiger partial charge >= 0.3 is 5.69 Å². The van der Waals surface area contributed by atoms with Gasteiger partial charge in [-0.15, -0.1) is 0 Å². The first-order chi connectivity index (χ1) is 11.3. The van der Waals surface area contributed by atoms with E-state index in [1.807, 2.05) is 13.8 Å². The summed E-state index contributed by atoms with van der Waals surface area (Å²) >= 11 is 0. The lowest BCUT2D eigenvalue weighted by atomic mass is 9.93. The molecular weight excluding hydrogens is 314 g/mol. The lowest BCUT2D eigenvalue weighted by Crippen LogP contribution is -2.35. The van der Waals surface area contributed by atoms with Crippen LogP contribution in [-0.2, 0) is 0 Å². The molecule has 1 aliphatic heterocycles. The first kappa shape index (κ1) is 15.7. The summed E-state index contributed by atoms with van der Waals surface area (Å²) in [5.74, 6) is 0.147. The smallest absolute Gasteiger partial charge is 0.353 e. The predicted molar refractivity (Wildman–Crippen MR) is 86.5 cm³/mol. The second-order valence-electron chi connectivity index (χ2n) is 6.01. The molecule has 3 rings (SSSR count). The van der Waals surface area contributed by atoms with E-state index in [0.717, 1.165) is 6.33 Å². The molecule has 1 aliphatic rings. The minimum atomic E-state index is -0.660. The van der Waals surface area contributed by atoms with Gasteiger partial charge in [0.1, 0.15) is 17.7 Å². The van der Waals surface area contributed by atoms with Crippen molar-refractivity contribution in [3.8, 4) is 5.75 Å². The Morgan fingerprint density at radius 1 is 1.38 bits per heavy atom. The Morgan fingerprint density at radius 2 is 2.12 bits per heavy atom. The molecule has 9 nitrogen and oxygen atoms in total. The fraction of sp³-hybridized carbons (Fsp3) is 0.267. The van der Waals surface area contributed by atoms with Gasteiger partial charge in [0.2, 0.25) is 11.6 Å². The van der Waals surface area contributed by atoms with Crippen LogP contribution in [0.15, 0.2) is 24.5 Å². The predicted octanol–water partition coefficient (Wildman–Crippen LogP) is 2.45. The number of carbonyl (C=O) groups excluding carboxylic acids is 1. The number of ether oxygens (including phenoxy) is 1. The number of benzene rings is 1. The molecule has 0 fully saturated rings. The summed E-state index contributed by atoms with van der Waals surface area (Å²) in [6.45, 7) is 3.68. The molecule has 0 saturated heterocycles. The first-order valence-corrected chi connectivity index (χ1v) is 7.15.